The molecule has 0 saturated heterocycles. The highest BCUT2D eigenvalue weighted by molar-refractivity contribution is 7.80. The molecular weight excluding hydrogens is 304 g/mol. The first-order chi connectivity index (χ1) is 10.4. The third kappa shape index (κ3) is 4.20. The number of fused-ring (bicyclic) bond motifs is 2. The highest BCUT2D eigenvalue weighted by Gasteiger charge is 2.08. The van der Waals surface area contributed by atoms with Gasteiger partial charge >= 0.3 is 0 Å². The predicted octanol–water partition coefficient (Wildman–Crippen LogP) is 1.99. The van der Waals surface area contributed by atoms with Crippen LogP contribution in [-0.4, -0.2) is 24.6 Å². The minimum Gasteiger partial charge on any atom is -0.726 e. The van der Waals surface area contributed by atoms with Crippen molar-refractivity contribution >= 4 is 32.5 Å². The molecule has 0 aliphatic rings. The number of para-hydroxylation sites is 3. The predicted molar refractivity (Wildman–Crippen MR) is 81.9 cm³/mol. The molecule has 1 heterocycles. The van der Waals surface area contributed by atoms with Gasteiger partial charge < -0.3 is 4.55 Å². The lowest BCUT2D eigenvalue weighted by atomic mass is 10.2. The zero-order chi connectivity index (χ0) is 16.2. The van der Waals surface area contributed by atoms with Crippen LogP contribution < -0.4 is 4.98 Å². The fraction of sp³-hybridized carbons (Fsp3) is 0.200. The van der Waals surface area contributed by atoms with Gasteiger partial charge in [-0.3, -0.25) is 4.18 Å². The number of rotatable bonds is 2. The van der Waals surface area contributed by atoms with Gasteiger partial charge in [-0.15, -0.1) is 0 Å². The molecule has 0 bridgehead atoms. The van der Waals surface area contributed by atoms with E-state index >= 15 is 0 Å². The summed E-state index contributed by atoms with van der Waals surface area (Å²) in [6.07, 6.45) is 0. The summed E-state index contributed by atoms with van der Waals surface area (Å²) >= 11 is 0. The molecule has 2 aromatic carbocycles. The summed E-state index contributed by atoms with van der Waals surface area (Å²) in [6.45, 7) is 3.43. The molecule has 0 amide bonds. The summed E-state index contributed by atoms with van der Waals surface area (Å²) < 4.78 is 32.0. The Hall–Kier alpha value is -2.09. The Morgan fingerprint density at radius 2 is 1.82 bits per heavy atom. The van der Waals surface area contributed by atoms with Crippen LogP contribution >= 0.6 is 0 Å². The van der Waals surface area contributed by atoms with E-state index in [4.69, 9.17) is 0 Å². The van der Waals surface area contributed by atoms with Crippen LogP contribution in [0.5, 0.6) is 0 Å². The zero-order valence-corrected chi connectivity index (χ0v) is 13.1. The average molecular weight is 320 g/mol. The molecule has 3 rings (SSSR count). The quantitative estimate of drug-likeness (QED) is 0.409. The molecule has 3 aromatic rings. The molecule has 1 aromatic heterocycles. The SMILES string of the molecule is CCOS(=O)(=O)[O-].Cc1cccc2nc3ccccc3[nH+]c12. The van der Waals surface area contributed by atoms with Crippen molar-refractivity contribution in [1.82, 2.24) is 4.98 Å². The van der Waals surface area contributed by atoms with Crippen LogP contribution in [0.4, 0.5) is 0 Å². The molecule has 6 nitrogen and oxygen atoms in total. The van der Waals surface area contributed by atoms with E-state index in [2.05, 4.69) is 27.1 Å². The van der Waals surface area contributed by atoms with Gasteiger partial charge in [-0.1, -0.05) is 24.3 Å². The standard InChI is InChI=1S/C13H10N2.C2H6O4S/c1-9-5-4-8-12-13(9)15-11-7-3-2-6-10(11)14-12;1-2-6-7(3,4)5/h2-8H,1H3;2H2,1H3,(H,3,4,5). The summed E-state index contributed by atoms with van der Waals surface area (Å²) in [5.74, 6) is 0. The zero-order valence-electron chi connectivity index (χ0n) is 12.2. The summed E-state index contributed by atoms with van der Waals surface area (Å²) in [4.78, 5) is 8.02. The van der Waals surface area contributed by atoms with Crippen molar-refractivity contribution in [2.45, 2.75) is 13.8 Å². The first-order valence-corrected chi connectivity index (χ1v) is 8.01. The fourth-order valence-electron chi connectivity index (χ4n) is 1.99. The van der Waals surface area contributed by atoms with E-state index in [1.54, 1.807) is 0 Å². The summed E-state index contributed by atoms with van der Waals surface area (Å²) in [6, 6.07) is 14.3. The lowest BCUT2D eigenvalue weighted by Gasteiger charge is -2.02. The molecule has 0 saturated carbocycles. The van der Waals surface area contributed by atoms with Gasteiger partial charge in [0.1, 0.15) is 11.0 Å². The van der Waals surface area contributed by atoms with Crippen molar-refractivity contribution in [3.8, 4) is 0 Å². The van der Waals surface area contributed by atoms with Crippen molar-refractivity contribution in [2.24, 2.45) is 0 Å². The maximum atomic E-state index is 9.45. The van der Waals surface area contributed by atoms with Crippen LogP contribution in [-0.2, 0) is 14.6 Å². The van der Waals surface area contributed by atoms with Crippen molar-refractivity contribution < 1.29 is 22.1 Å². The number of aromatic amines is 1. The molecule has 0 fully saturated rings. The number of aromatic nitrogens is 2. The third-order valence-corrected chi connectivity index (χ3v) is 3.44. The second kappa shape index (κ2) is 6.78. The Labute approximate surface area is 128 Å². The van der Waals surface area contributed by atoms with Crippen LogP contribution in [0.25, 0.3) is 22.1 Å². The van der Waals surface area contributed by atoms with Gasteiger partial charge in [0.15, 0.2) is 0 Å². The van der Waals surface area contributed by atoms with Crippen LogP contribution in [0, 0.1) is 6.92 Å². The molecule has 0 aliphatic carbocycles. The minimum atomic E-state index is -4.42. The van der Waals surface area contributed by atoms with Crippen molar-refractivity contribution in [3.63, 3.8) is 0 Å². The van der Waals surface area contributed by atoms with Gasteiger partial charge in [-0.05, 0) is 26.0 Å². The van der Waals surface area contributed by atoms with E-state index in [1.165, 1.54) is 12.5 Å². The van der Waals surface area contributed by atoms with Gasteiger partial charge in [0, 0.05) is 11.6 Å². The second-order valence-electron chi connectivity index (χ2n) is 4.54. The fourth-order valence-corrected chi connectivity index (χ4v) is 2.28. The molecule has 22 heavy (non-hydrogen) atoms. The molecular formula is C15H16N2O4S. The van der Waals surface area contributed by atoms with Crippen molar-refractivity contribution in [3.05, 3.63) is 48.0 Å². The number of nitrogens with one attached hydrogen (secondary N) is 1. The molecule has 7 heteroatoms. The van der Waals surface area contributed by atoms with Crippen molar-refractivity contribution in [1.29, 1.82) is 0 Å². The van der Waals surface area contributed by atoms with Crippen LogP contribution in [0.3, 0.4) is 0 Å². The van der Waals surface area contributed by atoms with Crippen LogP contribution in [0.15, 0.2) is 42.5 Å². The molecule has 116 valence electrons. The Morgan fingerprint density at radius 3 is 2.45 bits per heavy atom. The summed E-state index contributed by atoms with van der Waals surface area (Å²) in [5, 5.41) is 0. The number of H-pyrrole nitrogens is 1. The third-order valence-electron chi connectivity index (χ3n) is 2.92. The highest BCUT2D eigenvalue weighted by Crippen LogP contribution is 2.14. The topological polar surface area (TPSA) is 93.5 Å². The van der Waals surface area contributed by atoms with Crippen LogP contribution in [0.1, 0.15) is 12.5 Å². The summed E-state index contributed by atoms with van der Waals surface area (Å²) in [7, 11) is -4.42. The Morgan fingerprint density at radius 1 is 1.14 bits per heavy atom. The van der Waals surface area contributed by atoms with Gasteiger partial charge in [0.05, 0.1) is 6.61 Å². The molecule has 0 aliphatic heterocycles. The maximum absolute atomic E-state index is 9.45. The average Bonchev–Trinajstić information content (AvgIpc) is 2.45. The Kier molecular flexibility index (Phi) is 5.02. The number of aryl methyl sites for hydroxylation is 1. The Bertz CT molecular complexity index is 894. The highest BCUT2D eigenvalue weighted by atomic mass is 32.3. The van der Waals surface area contributed by atoms with Crippen LogP contribution in [0.2, 0.25) is 0 Å². The normalized spacial score (nSPS) is 11.2. The first kappa shape index (κ1) is 16.3. The lowest BCUT2D eigenvalue weighted by molar-refractivity contribution is -0.311. The van der Waals surface area contributed by atoms with E-state index in [-0.39, 0.29) is 6.61 Å². The number of benzene rings is 2. The first-order valence-electron chi connectivity index (χ1n) is 6.68. The van der Waals surface area contributed by atoms with E-state index in [0.29, 0.717) is 0 Å². The Balaban J connectivity index is 0.000000217. The van der Waals surface area contributed by atoms with Crippen molar-refractivity contribution in [2.75, 3.05) is 6.61 Å². The van der Waals surface area contributed by atoms with Gasteiger partial charge in [0.2, 0.25) is 21.4 Å². The molecule has 0 unspecified atom stereocenters. The lowest BCUT2D eigenvalue weighted by Crippen LogP contribution is -2.08. The monoisotopic (exact) mass is 320 g/mol. The van der Waals surface area contributed by atoms with E-state index in [1.807, 2.05) is 36.4 Å². The molecule has 0 spiro atoms. The van der Waals surface area contributed by atoms with Gasteiger partial charge in [-0.25, -0.2) is 18.4 Å². The maximum Gasteiger partial charge on any atom is 0.232 e. The number of hydrogen-bond acceptors (Lipinski definition) is 5. The molecule has 1 N–H and O–H groups in total. The molecule has 0 radical (unpaired) electrons. The number of nitrogens with zero attached hydrogens (tertiary/aromatic N) is 1. The number of hydrogen-bond donors (Lipinski definition) is 0. The molecule has 0 atom stereocenters. The van der Waals surface area contributed by atoms with E-state index in [0.717, 1.165) is 22.1 Å². The largest absolute Gasteiger partial charge is 0.726 e. The van der Waals surface area contributed by atoms with Gasteiger partial charge in [-0.2, -0.15) is 0 Å². The van der Waals surface area contributed by atoms with E-state index in [9.17, 15) is 13.0 Å². The van der Waals surface area contributed by atoms with E-state index < -0.39 is 10.4 Å². The smallest absolute Gasteiger partial charge is 0.232 e. The summed E-state index contributed by atoms with van der Waals surface area (Å²) in [5.41, 5.74) is 5.46. The second-order valence-corrected chi connectivity index (χ2v) is 5.59. The van der Waals surface area contributed by atoms with Gasteiger partial charge in [0.25, 0.3) is 0 Å². The minimum absolute atomic E-state index is 0.0914.